The molecule has 1 aliphatic heterocycles. The monoisotopic (exact) mass is 505 g/mol. The zero-order chi connectivity index (χ0) is 18.5. The summed E-state index contributed by atoms with van der Waals surface area (Å²) in [6.45, 7) is 5.24. The van der Waals surface area contributed by atoms with E-state index in [0.717, 1.165) is 25.6 Å². The van der Waals surface area contributed by atoms with Gasteiger partial charge in [0.25, 0.3) is 0 Å². The summed E-state index contributed by atoms with van der Waals surface area (Å²) in [7, 11) is -3.27. The fraction of sp³-hybridized carbons (Fsp3) is 0.650. The molecule has 0 radical (unpaired) electrons. The largest absolute Gasteiger partial charge is 0.357 e. The van der Waals surface area contributed by atoms with Gasteiger partial charge in [0, 0.05) is 19.6 Å². The van der Waals surface area contributed by atoms with Crippen LogP contribution in [-0.2, 0) is 9.84 Å². The molecule has 27 heavy (non-hydrogen) atoms. The lowest BCUT2D eigenvalue weighted by molar-refractivity contribution is 0.203. The zero-order valence-electron chi connectivity index (χ0n) is 16.2. The van der Waals surface area contributed by atoms with Crippen LogP contribution in [0.3, 0.4) is 0 Å². The highest BCUT2D eigenvalue weighted by Crippen LogP contribution is 2.43. The maximum Gasteiger partial charge on any atom is 0.193 e. The van der Waals surface area contributed by atoms with E-state index in [-0.39, 0.29) is 29.7 Å². The van der Waals surface area contributed by atoms with Crippen molar-refractivity contribution in [2.75, 3.05) is 31.9 Å². The quantitative estimate of drug-likeness (QED) is 0.377. The number of rotatable bonds is 5. The Kier molecular flexibility index (Phi) is 8.39. The number of nitrogens with zero attached hydrogens (tertiary/aromatic N) is 2. The molecule has 1 heterocycles. The van der Waals surface area contributed by atoms with E-state index in [0.29, 0.717) is 16.9 Å². The lowest BCUT2D eigenvalue weighted by Gasteiger charge is -2.33. The van der Waals surface area contributed by atoms with Gasteiger partial charge in [-0.2, -0.15) is 0 Å². The smallest absolute Gasteiger partial charge is 0.193 e. The van der Waals surface area contributed by atoms with Gasteiger partial charge in [0.15, 0.2) is 15.8 Å². The first-order valence-corrected chi connectivity index (χ1v) is 11.5. The van der Waals surface area contributed by atoms with Gasteiger partial charge in [-0.05, 0) is 43.7 Å². The molecular formula is C20H32IN3O2S. The van der Waals surface area contributed by atoms with Crippen molar-refractivity contribution in [1.29, 1.82) is 0 Å². The Labute approximate surface area is 181 Å². The Morgan fingerprint density at radius 2 is 1.85 bits per heavy atom. The predicted molar refractivity (Wildman–Crippen MR) is 122 cm³/mol. The van der Waals surface area contributed by atoms with Crippen LogP contribution in [0.2, 0.25) is 0 Å². The van der Waals surface area contributed by atoms with Gasteiger partial charge in [-0.15, -0.1) is 24.0 Å². The number of hydrogen-bond donors (Lipinski definition) is 1. The van der Waals surface area contributed by atoms with Crippen molar-refractivity contribution < 1.29 is 8.42 Å². The van der Waals surface area contributed by atoms with E-state index in [1.807, 2.05) is 6.07 Å². The van der Waals surface area contributed by atoms with Crippen LogP contribution in [0.1, 0.15) is 45.4 Å². The minimum Gasteiger partial charge on any atom is -0.357 e. The molecule has 152 valence electrons. The van der Waals surface area contributed by atoms with Crippen molar-refractivity contribution in [2.24, 2.45) is 10.4 Å². The Hall–Kier alpha value is -0.830. The van der Waals surface area contributed by atoms with E-state index in [2.05, 4.69) is 22.1 Å². The average Bonchev–Trinajstić information content (AvgIpc) is 3.05. The third kappa shape index (κ3) is 5.82. The summed E-state index contributed by atoms with van der Waals surface area (Å²) in [5, 5.41) is 3.35. The van der Waals surface area contributed by atoms with Gasteiger partial charge in [-0.3, -0.25) is 4.99 Å². The van der Waals surface area contributed by atoms with Crippen LogP contribution in [0.4, 0.5) is 0 Å². The summed E-state index contributed by atoms with van der Waals surface area (Å²) < 4.78 is 24.9. The molecule has 0 atom stereocenters. The molecule has 2 fully saturated rings. The average molecular weight is 505 g/mol. The molecule has 1 N–H and O–H groups in total. The van der Waals surface area contributed by atoms with E-state index >= 15 is 0 Å². The highest BCUT2D eigenvalue weighted by atomic mass is 127. The molecule has 0 aromatic heterocycles. The second-order valence-electron chi connectivity index (χ2n) is 7.60. The minimum atomic E-state index is -3.27. The van der Waals surface area contributed by atoms with Gasteiger partial charge in [-0.25, -0.2) is 8.42 Å². The highest BCUT2D eigenvalue weighted by molar-refractivity contribution is 14.0. The lowest BCUT2D eigenvalue weighted by Crippen LogP contribution is -2.42. The molecule has 1 saturated carbocycles. The van der Waals surface area contributed by atoms with Gasteiger partial charge >= 0.3 is 0 Å². The predicted octanol–water partition coefficient (Wildman–Crippen LogP) is 3.70. The Balaban J connectivity index is 0.00000261. The topological polar surface area (TPSA) is 61.8 Å². The SMILES string of the molecule is CCNC(=NCCS(=O)(=O)c1ccccc1)N1CCC2(CCCCC2)C1.I. The van der Waals surface area contributed by atoms with E-state index in [4.69, 9.17) is 0 Å². The zero-order valence-corrected chi connectivity index (χ0v) is 19.3. The number of guanidine groups is 1. The van der Waals surface area contributed by atoms with Crippen molar-refractivity contribution in [3.8, 4) is 0 Å². The maximum absolute atomic E-state index is 12.4. The number of aliphatic imine (C=N–C) groups is 1. The molecule has 1 aromatic rings. The molecule has 7 heteroatoms. The van der Waals surface area contributed by atoms with Crippen LogP contribution in [0, 0.1) is 5.41 Å². The van der Waals surface area contributed by atoms with E-state index in [9.17, 15) is 8.42 Å². The Morgan fingerprint density at radius 3 is 2.52 bits per heavy atom. The molecule has 1 saturated heterocycles. The molecule has 0 amide bonds. The third-order valence-corrected chi connectivity index (χ3v) is 7.42. The Morgan fingerprint density at radius 1 is 1.15 bits per heavy atom. The van der Waals surface area contributed by atoms with Crippen molar-refractivity contribution in [3.05, 3.63) is 30.3 Å². The third-order valence-electron chi connectivity index (χ3n) is 5.71. The standard InChI is InChI=1S/C20H31N3O2S.HI/c1-2-21-19(23-15-13-20(17-23)11-7-4-8-12-20)22-14-16-26(24,25)18-9-5-3-6-10-18;/h3,5-6,9-10H,2,4,7-8,11-17H2,1H3,(H,21,22);1H. The minimum absolute atomic E-state index is 0. The molecule has 0 unspecified atom stereocenters. The van der Waals surface area contributed by atoms with Crippen LogP contribution < -0.4 is 5.32 Å². The number of nitrogens with one attached hydrogen (secondary N) is 1. The normalized spacial score (nSPS) is 19.7. The fourth-order valence-electron chi connectivity index (χ4n) is 4.27. The van der Waals surface area contributed by atoms with E-state index in [1.54, 1.807) is 24.3 Å². The summed E-state index contributed by atoms with van der Waals surface area (Å²) in [4.78, 5) is 7.35. The summed E-state index contributed by atoms with van der Waals surface area (Å²) in [6.07, 6.45) is 7.94. The molecule has 1 aromatic carbocycles. The van der Waals surface area contributed by atoms with Gasteiger partial charge in [0.1, 0.15) is 0 Å². The second-order valence-corrected chi connectivity index (χ2v) is 9.71. The fourth-order valence-corrected chi connectivity index (χ4v) is 5.41. The molecular weight excluding hydrogens is 473 g/mol. The van der Waals surface area contributed by atoms with Crippen molar-refractivity contribution in [3.63, 3.8) is 0 Å². The molecule has 2 aliphatic rings. The summed E-state index contributed by atoms with van der Waals surface area (Å²) in [5.41, 5.74) is 0.463. The second kappa shape index (κ2) is 10.1. The van der Waals surface area contributed by atoms with Crippen molar-refractivity contribution >= 4 is 39.8 Å². The first-order valence-electron chi connectivity index (χ1n) is 9.86. The maximum atomic E-state index is 12.4. The van der Waals surface area contributed by atoms with Crippen LogP contribution in [0.25, 0.3) is 0 Å². The van der Waals surface area contributed by atoms with Gasteiger partial charge in [0.05, 0.1) is 17.2 Å². The van der Waals surface area contributed by atoms with Gasteiger partial charge in [0.2, 0.25) is 0 Å². The first kappa shape index (κ1) is 22.5. The van der Waals surface area contributed by atoms with E-state index < -0.39 is 9.84 Å². The number of likely N-dealkylation sites (tertiary alicyclic amines) is 1. The van der Waals surface area contributed by atoms with Crippen LogP contribution in [-0.4, -0.2) is 51.2 Å². The van der Waals surface area contributed by atoms with Crippen molar-refractivity contribution in [1.82, 2.24) is 10.2 Å². The molecule has 0 bridgehead atoms. The first-order chi connectivity index (χ1) is 12.5. The molecule has 1 aliphatic carbocycles. The number of benzene rings is 1. The molecule has 1 spiro atoms. The van der Waals surface area contributed by atoms with Crippen LogP contribution >= 0.6 is 24.0 Å². The number of halogens is 1. The number of sulfone groups is 1. The highest BCUT2D eigenvalue weighted by Gasteiger charge is 2.39. The summed E-state index contributed by atoms with van der Waals surface area (Å²) >= 11 is 0. The number of hydrogen-bond acceptors (Lipinski definition) is 3. The Bertz CT molecular complexity index is 716. The van der Waals surface area contributed by atoms with Crippen LogP contribution in [0.15, 0.2) is 40.2 Å². The van der Waals surface area contributed by atoms with Gasteiger partial charge in [-0.1, -0.05) is 37.5 Å². The molecule has 3 rings (SSSR count). The lowest BCUT2D eigenvalue weighted by atomic mass is 9.73. The van der Waals surface area contributed by atoms with Crippen molar-refractivity contribution in [2.45, 2.75) is 50.3 Å². The van der Waals surface area contributed by atoms with E-state index in [1.165, 1.54) is 38.5 Å². The van der Waals surface area contributed by atoms with Crippen LogP contribution in [0.5, 0.6) is 0 Å². The van der Waals surface area contributed by atoms with Gasteiger partial charge < -0.3 is 10.2 Å². The molecule has 5 nitrogen and oxygen atoms in total. The summed E-state index contributed by atoms with van der Waals surface area (Å²) in [5.74, 6) is 0.920. The summed E-state index contributed by atoms with van der Waals surface area (Å²) in [6, 6.07) is 8.65.